The van der Waals surface area contributed by atoms with Gasteiger partial charge in [-0.15, -0.1) is 0 Å². The minimum Gasteiger partial charge on any atom is -0.491 e. The van der Waals surface area contributed by atoms with Gasteiger partial charge in [-0.2, -0.15) is 0 Å². The van der Waals surface area contributed by atoms with Gasteiger partial charge < -0.3 is 14.8 Å². The van der Waals surface area contributed by atoms with Crippen LogP contribution in [0.15, 0.2) is 24.3 Å². The van der Waals surface area contributed by atoms with Crippen molar-refractivity contribution >= 4 is 0 Å². The maximum atomic E-state index is 5.64. The number of rotatable bonds is 10. The Morgan fingerprint density at radius 3 is 2.50 bits per heavy atom. The fourth-order valence-electron chi connectivity index (χ4n) is 2.29. The molecule has 1 aromatic carbocycles. The summed E-state index contributed by atoms with van der Waals surface area (Å²) in [4.78, 5) is 0. The summed E-state index contributed by atoms with van der Waals surface area (Å²) >= 11 is 0. The molecule has 20 heavy (non-hydrogen) atoms. The second kappa shape index (κ2) is 8.28. The van der Waals surface area contributed by atoms with Crippen molar-refractivity contribution in [2.75, 3.05) is 26.4 Å². The first-order chi connectivity index (χ1) is 9.83. The van der Waals surface area contributed by atoms with E-state index in [9.17, 15) is 0 Å². The summed E-state index contributed by atoms with van der Waals surface area (Å²) in [5.41, 5.74) is 1.35. The van der Waals surface area contributed by atoms with Crippen molar-refractivity contribution in [3.63, 3.8) is 0 Å². The Hall–Kier alpha value is -1.06. The van der Waals surface area contributed by atoms with Crippen LogP contribution in [0.4, 0.5) is 0 Å². The van der Waals surface area contributed by atoms with Gasteiger partial charge in [-0.05, 0) is 56.3 Å². The number of ether oxygens (including phenoxy) is 2. The SMILES string of the molecule is CCOCCOc1ccc(C(CC)NCC2CC2)cc1. The Kier molecular flexibility index (Phi) is 6.34. The maximum Gasteiger partial charge on any atom is 0.119 e. The molecule has 1 saturated carbocycles. The second-order valence-corrected chi connectivity index (χ2v) is 5.43. The van der Waals surface area contributed by atoms with E-state index in [1.54, 1.807) is 0 Å². The second-order valence-electron chi connectivity index (χ2n) is 5.43. The molecule has 0 radical (unpaired) electrons. The zero-order chi connectivity index (χ0) is 14.2. The lowest BCUT2D eigenvalue weighted by atomic mass is 10.0. The van der Waals surface area contributed by atoms with E-state index in [1.165, 1.54) is 18.4 Å². The predicted octanol–water partition coefficient (Wildman–Crippen LogP) is 3.55. The molecular weight excluding hydrogens is 250 g/mol. The molecule has 0 bridgehead atoms. The third kappa shape index (κ3) is 5.14. The third-order valence-corrected chi connectivity index (χ3v) is 3.74. The average molecular weight is 277 g/mol. The number of benzene rings is 1. The molecule has 1 fully saturated rings. The van der Waals surface area contributed by atoms with Crippen molar-refractivity contribution in [2.24, 2.45) is 5.92 Å². The van der Waals surface area contributed by atoms with Crippen LogP contribution in [-0.2, 0) is 4.74 Å². The van der Waals surface area contributed by atoms with E-state index in [0.717, 1.165) is 31.2 Å². The lowest BCUT2D eigenvalue weighted by Gasteiger charge is -2.17. The molecular formula is C17H27NO2. The van der Waals surface area contributed by atoms with Crippen LogP contribution in [0.2, 0.25) is 0 Å². The van der Waals surface area contributed by atoms with Crippen molar-refractivity contribution in [1.82, 2.24) is 5.32 Å². The van der Waals surface area contributed by atoms with E-state index in [-0.39, 0.29) is 0 Å². The van der Waals surface area contributed by atoms with Crippen molar-refractivity contribution < 1.29 is 9.47 Å². The fourth-order valence-corrected chi connectivity index (χ4v) is 2.29. The van der Waals surface area contributed by atoms with Crippen LogP contribution in [0, 0.1) is 5.92 Å². The van der Waals surface area contributed by atoms with E-state index in [0.29, 0.717) is 19.3 Å². The van der Waals surface area contributed by atoms with Crippen LogP contribution in [0.1, 0.15) is 44.7 Å². The zero-order valence-electron chi connectivity index (χ0n) is 12.7. The van der Waals surface area contributed by atoms with Gasteiger partial charge in [0.05, 0.1) is 6.61 Å². The molecule has 1 aromatic rings. The van der Waals surface area contributed by atoms with Crippen molar-refractivity contribution in [1.29, 1.82) is 0 Å². The number of hydrogen-bond acceptors (Lipinski definition) is 3. The molecule has 0 amide bonds. The lowest BCUT2D eigenvalue weighted by molar-refractivity contribution is 0.110. The van der Waals surface area contributed by atoms with Gasteiger partial charge in [-0.3, -0.25) is 0 Å². The first-order valence-electron chi connectivity index (χ1n) is 7.87. The lowest BCUT2D eigenvalue weighted by Crippen LogP contribution is -2.22. The molecule has 0 aliphatic heterocycles. The highest BCUT2D eigenvalue weighted by Crippen LogP contribution is 2.29. The molecule has 0 aromatic heterocycles. The molecule has 0 spiro atoms. The van der Waals surface area contributed by atoms with E-state index in [1.807, 2.05) is 6.92 Å². The molecule has 1 aliphatic rings. The highest BCUT2D eigenvalue weighted by Gasteiger charge is 2.22. The Balaban J connectivity index is 1.78. The first kappa shape index (κ1) is 15.3. The van der Waals surface area contributed by atoms with Crippen LogP contribution in [-0.4, -0.2) is 26.4 Å². The average Bonchev–Trinajstić information content (AvgIpc) is 3.30. The van der Waals surface area contributed by atoms with Gasteiger partial charge in [0, 0.05) is 12.6 Å². The van der Waals surface area contributed by atoms with Gasteiger partial charge >= 0.3 is 0 Å². The van der Waals surface area contributed by atoms with Crippen LogP contribution in [0.5, 0.6) is 5.75 Å². The van der Waals surface area contributed by atoms with Crippen LogP contribution < -0.4 is 10.1 Å². The summed E-state index contributed by atoms with van der Waals surface area (Å²) in [6.45, 7) is 7.40. The molecule has 0 heterocycles. The normalized spacial score (nSPS) is 16.1. The maximum absolute atomic E-state index is 5.64. The van der Waals surface area contributed by atoms with E-state index in [4.69, 9.17) is 9.47 Å². The summed E-state index contributed by atoms with van der Waals surface area (Å²) in [5, 5.41) is 3.67. The van der Waals surface area contributed by atoms with Crippen LogP contribution in [0.3, 0.4) is 0 Å². The highest BCUT2D eigenvalue weighted by molar-refractivity contribution is 5.29. The molecule has 1 N–H and O–H groups in total. The smallest absolute Gasteiger partial charge is 0.119 e. The molecule has 3 heteroatoms. The standard InChI is InChI=1S/C17H27NO2/c1-3-17(18-13-14-5-6-14)15-7-9-16(10-8-15)20-12-11-19-4-2/h7-10,14,17-18H,3-6,11-13H2,1-2H3. The summed E-state index contributed by atoms with van der Waals surface area (Å²) in [6.07, 6.45) is 3.92. The van der Waals surface area contributed by atoms with Crippen molar-refractivity contribution in [3.05, 3.63) is 29.8 Å². The molecule has 1 atom stereocenters. The predicted molar refractivity (Wildman–Crippen MR) is 82.2 cm³/mol. The Bertz CT molecular complexity index is 373. The van der Waals surface area contributed by atoms with Gasteiger partial charge in [0.1, 0.15) is 12.4 Å². The minimum atomic E-state index is 0.466. The number of hydrogen-bond donors (Lipinski definition) is 1. The van der Waals surface area contributed by atoms with E-state index in [2.05, 4.69) is 36.5 Å². The molecule has 1 unspecified atom stereocenters. The van der Waals surface area contributed by atoms with Crippen LogP contribution >= 0.6 is 0 Å². The van der Waals surface area contributed by atoms with Gasteiger partial charge in [0.15, 0.2) is 0 Å². The quantitative estimate of drug-likeness (QED) is 0.663. The summed E-state index contributed by atoms with van der Waals surface area (Å²) in [6, 6.07) is 8.92. The Morgan fingerprint density at radius 1 is 1.15 bits per heavy atom. The Morgan fingerprint density at radius 2 is 1.90 bits per heavy atom. The van der Waals surface area contributed by atoms with Gasteiger partial charge in [-0.25, -0.2) is 0 Å². The zero-order valence-corrected chi connectivity index (χ0v) is 12.7. The molecule has 3 nitrogen and oxygen atoms in total. The fraction of sp³-hybridized carbons (Fsp3) is 0.647. The highest BCUT2D eigenvalue weighted by atomic mass is 16.5. The monoisotopic (exact) mass is 277 g/mol. The number of nitrogens with one attached hydrogen (secondary N) is 1. The molecule has 0 saturated heterocycles. The van der Waals surface area contributed by atoms with Gasteiger partial charge in [0.2, 0.25) is 0 Å². The van der Waals surface area contributed by atoms with E-state index < -0.39 is 0 Å². The molecule has 1 aliphatic carbocycles. The Labute approximate surface area is 122 Å². The summed E-state index contributed by atoms with van der Waals surface area (Å²) in [5.74, 6) is 1.84. The van der Waals surface area contributed by atoms with Crippen LogP contribution in [0.25, 0.3) is 0 Å². The van der Waals surface area contributed by atoms with Crippen molar-refractivity contribution in [3.8, 4) is 5.75 Å². The van der Waals surface area contributed by atoms with Gasteiger partial charge in [-0.1, -0.05) is 19.1 Å². The van der Waals surface area contributed by atoms with Crippen molar-refractivity contribution in [2.45, 2.75) is 39.2 Å². The summed E-state index contributed by atoms with van der Waals surface area (Å²) in [7, 11) is 0. The minimum absolute atomic E-state index is 0.466. The molecule has 112 valence electrons. The first-order valence-corrected chi connectivity index (χ1v) is 7.87. The summed E-state index contributed by atoms with van der Waals surface area (Å²) < 4.78 is 10.9. The largest absolute Gasteiger partial charge is 0.491 e. The topological polar surface area (TPSA) is 30.5 Å². The van der Waals surface area contributed by atoms with Gasteiger partial charge in [0.25, 0.3) is 0 Å². The van der Waals surface area contributed by atoms with E-state index >= 15 is 0 Å². The third-order valence-electron chi connectivity index (χ3n) is 3.74. The molecule has 2 rings (SSSR count).